The minimum atomic E-state index is -4.69. The molecule has 0 aliphatic rings. The molecule has 1 aromatic carbocycles. The summed E-state index contributed by atoms with van der Waals surface area (Å²) in [6.45, 7) is 8.37. The first-order valence-electron chi connectivity index (χ1n) is 7.51. The fourth-order valence-electron chi connectivity index (χ4n) is 1.78. The van der Waals surface area contributed by atoms with E-state index >= 15 is 0 Å². The fourth-order valence-corrected chi connectivity index (χ4v) is 1.78. The van der Waals surface area contributed by atoms with Crippen molar-refractivity contribution in [1.82, 2.24) is 4.98 Å². The summed E-state index contributed by atoms with van der Waals surface area (Å²) in [5.41, 5.74) is 6.74. The maximum atomic E-state index is 12.2. The Morgan fingerprint density at radius 1 is 1.13 bits per heavy atom. The number of hydrogen-bond acceptors (Lipinski definition) is 3. The van der Waals surface area contributed by atoms with Gasteiger partial charge < -0.3 is 15.5 Å². The van der Waals surface area contributed by atoms with Crippen molar-refractivity contribution in [2.45, 2.75) is 40.5 Å². The van der Waals surface area contributed by atoms with Crippen LogP contribution in [0.4, 0.5) is 13.2 Å². The Bertz CT molecular complexity index is 528. The third-order valence-electron chi connectivity index (χ3n) is 2.39. The molecule has 23 heavy (non-hydrogen) atoms. The fraction of sp³-hybridized carbons (Fsp3) is 0.500. The summed E-state index contributed by atoms with van der Waals surface area (Å²) in [6, 6.07) is 4.49. The maximum absolute atomic E-state index is 12.2. The van der Waals surface area contributed by atoms with Crippen LogP contribution in [0.15, 0.2) is 24.4 Å². The van der Waals surface area contributed by atoms with E-state index in [4.69, 9.17) is 5.73 Å². The zero-order valence-corrected chi connectivity index (χ0v) is 15.2. The zero-order valence-electron chi connectivity index (χ0n) is 14.3. The smallest absolute Gasteiger partial charge is 0.405 e. The maximum Gasteiger partial charge on any atom is 0.573 e. The summed E-state index contributed by atoms with van der Waals surface area (Å²) in [4.78, 5) is 2.90. The quantitative estimate of drug-likeness (QED) is 0.668. The third-order valence-corrected chi connectivity index (χ3v) is 2.39. The van der Waals surface area contributed by atoms with E-state index in [1.807, 2.05) is 27.7 Å². The molecule has 0 saturated heterocycles. The number of thiol groups is 1. The van der Waals surface area contributed by atoms with Crippen LogP contribution in [0, 0.1) is 0 Å². The molecule has 0 bridgehead atoms. The number of nitrogens with two attached hydrogens (primary N) is 1. The highest BCUT2D eigenvalue weighted by Gasteiger charge is 2.32. The Morgan fingerprint density at radius 2 is 1.70 bits per heavy atom. The van der Waals surface area contributed by atoms with Gasteiger partial charge in [-0.2, -0.15) is 12.6 Å². The molecule has 0 atom stereocenters. The molecule has 3 nitrogen and oxygen atoms in total. The van der Waals surface area contributed by atoms with Gasteiger partial charge in [-0.25, -0.2) is 0 Å². The number of halogens is 3. The average Bonchev–Trinajstić information content (AvgIpc) is 2.97. The number of nitrogens with one attached hydrogen (secondary N) is 1. The number of aromatic nitrogens is 1. The predicted molar refractivity (Wildman–Crippen MR) is 95.3 cm³/mol. The number of ether oxygens (including phenoxy) is 1. The Hall–Kier alpha value is -1.34. The van der Waals surface area contributed by atoms with Crippen LogP contribution in [0.5, 0.6) is 5.75 Å². The monoisotopic (exact) mass is 352 g/mol. The molecular weight excluding hydrogens is 325 g/mol. The van der Waals surface area contributed by atoms with Crippen LogP contribution >= 0.6 is 12.6 Å². The molecule has 1 heterocycles. The van der Waals surface area contributed by atoms with Crippen LogP contribution in [-0.2, 0) is 6.42 Å². The standard InChI is InChI=1S/C11H11F3N2O.2C2H6.CH4S/c12-11(13,14)17-9-3-1-2-8-10(9)7(4-5-15)6-16-8;3*1-2/h1-3,6,16H,4-5,15H2;2*1-2H3;2H,1H3. The van der Waals surface area contributed by atoms with Gasteiger partial charge in [0.1, 0.15) is 5.75 Å². The molecule has 2 aromatic rings. The lowest BCUT2D eigenvalue weighted by Gasteiger charge is -2.10. The Balaban J connectivity index is 0. The summed E-state index contributed by atoms with van der Waals surface area (Å²) >= 11 is 3.53. The minimum Gasteiger partial charge on any atom is -0.405 e. The van der Waals surface area contributed by atoms with E-state index in [-0.39, 0.29) is 5.75 Å². The van der Waals surface area contributed by atoms with E-state index in [1.165, 1.54) is 12.1 Å². The van der Waals surface area contributed by atoms with Gasteiger partial charge in [-0.05, 0) is 36.9 Å². The molecule has 0 unspecified atom stereocenters. The van der Waals surface area contributed by atoms with Crippen molar-refractivity contribution < 1.29 is 17.9 Å². The SMILES string of the molecule is CC.CC.CS.NCCc1c[nH]c2cccc(OC(F)(F)F)c12. The number of H-pyrrole nitrogens is 1. The second kappa shape index (κ2) is 13.1. The van der Waals surface area contributed by atoms with Crippen molar-refractivity contribution in [2.75, 3.05) is 12.8 Å². The van der Waals surface area contributed by atoms with Gasteiger partial charge in [0.2, 0.25) is 0 Å². The summed E-state index contributed by atoms with van der Waals surface area (Å²) in [5, 5.41) is 0.440. The van der Waals surface area contributed by atoms with Gasteiger partial charge in [-0.3, -0.25) is 0 Å². The molecule has 0 saturated carbocycles. The van der Waals surface area contributed by atoms with E-state index in [0.717, 1.165) is 5.56 Å². The van der Waals surface area contributed by atoms with Gasteiger partial charge in [-0.15, -0.1) is 13.2 Å². The zero-order chi connectivity index (χ0) is 18.5. The molecule has 7 heteroatoms. The van der Waals surface area contributed by atoms with Crippen LogP contribution in [0.2, 0.25) is 0 Å². The lowest BCUT2D eigenvalue weighted by molar-refractivity contribution is -0.274. The highest BCUT2D eigenvalue weighted by atomic mass is 32.1. The Kier molecular flexibility index (Phi) is 13.7. The van der Waals surface area contributed by atoms with Gasteiger partial charge in [0, 0.05) is 17.1 Å². The number of fused-ring (bicyclic) bond motifs is 1. The number of benzene rings is 1. The van der Waals surface area contributed by atoms with Crippen molar-refractivity contribution in [3.63, 3.8) is 0 Å². The third kappa shape index (κ3) is 8.18. The molecular formula is C16H27F3N2OS. The van der Waals surface area contributed by atoms with Crippen LogP contribution in [0.3, 0.4) is 0 Å². The van der Waals surface area contributed by atoms with E-state index in [2.05, 4.69) is 22.3 Å². The van der Waals surface area contributed by atoms with Gasteiger partial charge in [0.25, 0.3) is 0 Å². The van der Waals surface area contributed by atoms with E-state index in [0.29, 0.717) is 23.9 Å². The first kappa shape index (κ1) is 23.9. The van der Waals surface area contributed by atoms with Crippen LogP contribution < -0.4 is 10.5 Å². The summed E-state index contributed by atoms with van der Waals surface area (Å²) in [7, 11) is 0. The summed E-state index contributed by atoms with van der Waals surface area (Å²) < 4.78 is 40.7. The van der Waals surface area contributed by atoms with E-state index < -0.39 is 6.36 Å². The summed E-state index contributed by atoms with van der Waals surface area (Å²) in [6.07, 6.45) is -0.843. The van der Waals surface area contributed by atoms with E-state index in [1.54, 1.807) is 18.5 Å². The van der Waals surface area contributed by atoms with Gasteiger partial charge in [0.15, 0.2) is 0 Å². The van der Waals surface area contributed by atoms with Crippen LogP contribution in [0.25, 0.3) is 10.9 Å². The Labute approximate surface area is 141 Å². The first-order chi connectivity index (χ1) is 11.0. The molecule has 2 rings (SSSR count). The first-order valence-corrected chi connectivity index (χ1v) is 8.40. The van der Waals surface area contributed by atoms with Crippen LogP contribution in [-0.4, -0.2) is 24.1 Å². The molecule has 3 N–H and O–H groups in total. The predicted octanol–water partition coefficient (Wildman–Crippen LogP) is 5.17. The highest BCUT2D eigenvalue weighted by molar-refractivity contribution is 7.79. The van der Waals surface area contributed by atoms with Crippen molar-refractivity contribution in [2.24, 2.45) is 5.73 Å². The van der Waals surface area contributed by atoms with Gasteiger partial charge in [0.05, 0.1) is 0 Å². The minimum absolute atomic E-state index is 0.195. The molecule has 0 aliphatic carbocycles. The van der Waals surface area contributed by atoms with Crippen molar-refractivity contribution in [3.05, 3.63) is 30.0 Å². The molecule has 134 valence electrons. The van der Waals surface area contributed by atoms with Crippen molar-refractivity contribution in [1.29, 1.82) is 0 Å². The van der Waals surface area contributed by atoms with Crippen molar-refractivity contribution >= 4 is 23.5 Å². The highest BCUT2D eigenvalue weighted by Crippen LogP contribution is 2.32. The normalized spacial score (nSPS) is 9.65. The molecule has 0 radical (unpaired) electrons. The van der Waals surface area contributed by atoms with Gasteiger partial charge in [-0.1, -0.05) is 33.8 Å². The van der Waals surface area contributed by atoms with Gasteiger partial charge >= 0.3 is 6.36 Å². The average molecular weight is 352 g/mol. The second-order valence-electron chi connectivity index (χ2n) is 3.58. The number of alkyl halides is 3. The lowest BCUT2D eigenvalue weighted by Crippen LogP contribution is -2.17. The number of hydrogen-bond donors (Lipinski definition) is 3. The molecule has 0 spiro atoms. The van der Waals surface area contributed by atoms with E-state index in [9.17, 15) is 13.2 Å². The molecule has 0 aliphatic heterocycles. The Morgan fingerprint density at radius 3 is 2.17 bits per heavy atom. The second-order valence-corrected chi connectivity index (χ2v) is 3.58. The topological polar surface area (TPSA) is 51.0 Å². The number of rotatable bonds is 3. The summed E-state index contributed by atoms with van der Waals surface area (Å²) in [5.74, 6) is -0.195. The molecule has 0 amide bonds. The molecule has 1 aromatic heterocycles. The van der Waals surface area contributed by atoms with Crippen molar-refractivity contribution in [3.8, 4) is 5.75 Å². The lowest BCUT2D eigenvalue weighted by atomic mass is 10.1. The molecule has 0 fully saturated rings. The largest absolute Gasteiger partial charge is 0.573 e. The number of aromatic amines is 1. The van der Waals surface area contributed by atoms with Crippen LogP contribution in [0.1, 0.15) is 33.3 Å².